The Labute approximate surface area is 59.4 Å². The van der Waals surface area contributed by atoms with Crippen molar-refractivity contribution in [3.05, 3.63) is 0 Å². The zero-order chi connectivity index (χ0) is 7.61. The van der Waals surface area contributed by atoms with E-state index in [0.717, 1.165) is 6.42 Å². The molecule has 0 aromatic heterocycles. The average Bonchev–Trinajstić information content (AvgIpc) is 1.86. The highest BCUT2D eigenvalue weighted by Crippen LogP contribution is 2.42. The van der Waals surface area contributed by atoms with Crippen LogP contribution in [0.1, 0.15) is 19.3 Å². The third kappa shape index (κ3) is 0.895. The molecule has 1 saturated carbocycles. The van der Waals surface area contributed by atoms with E-state index in [1.54, 1.807) is 0 Å². The minimum atomic E-state index is -0.755. The molecule has 0 radical (unpaired) electrons. The molecule has 0 aromatic carbocycles. The van der Waals surface area contributed by atoms with E-state index < -0.39 is 12.1 Å². The first-order valence-corrected chi connectivity index (χ1v) is 3.39. The molecule has 1 fully saturated rings. The zero-order valence-electron chi connectivity index (χ0n) is 6.02. The molecule has 58 valence electrons. The van der Waals surface area contributed by atoms with E-state index in [4.69, 9.17) is 0 Å². The van der Waals surface area contributed by atoms with Crippen LogP contribution in [0.2, 0.25) is 0 Å². The molecule has 0 amide bonds. The number of carbonyl (C=O) groups is 1. The van der Waals surface area contributed by atoms with E-state index in [9.17, 15) is 9.18 Å². The second kappa shape index (κ2) is 2.56. The van der Waals surface area contributed by atoms with E-state index in [2.05, 4.69) is 4.74 Å². The summed E-state index contributed by atoms with van der Waals surface area (Å²) in [6.45, 7) is -0.570. The summed E-state index contributed by atoms with van der Waals surface area (Å²) < 4.78 is 16.7. The van der Waals surface area contributed by atoms with Crippen molar-refractivity contribution in [1.82, 2.24) is 0 Å². The summed E-state index contributed by atoms with van der Waals surface area (Å²) in [5.74, 6) is -0.388. The fourth-order valence-electron chi connectivity index (χ4n) is 1.21. The second-order valence-electron chi connectivity index (χ2n) is 2.76. The minimum Gasteiger partial charge on any atom is -0.469 e. The number of rotatable bonds is 2. The Hall–Kier alpha value is -0.600. The number of halogens is 1. The summed E-state index contributed by atoms with van der Waals surface area (Å²) in [4.78, 5) is 10.9. The van der Waals surface area contributed by atoms with Crippen LogP contribution in [0.4, 0.5) is 4.39 Å². The molecule has 0 atom stereocenters. The third-order valence-electron chi connectivity index (χ3n) is 2.18. The number of ether oxygens (including phenoxy) is 1. The summed E-state index contributed by atoms with van der Waals surface area (Å²) in [5, 5.41) is 0. The fourth-order valence-corrected chi connectivity index (χ4v) is 1.21. The van der Waals surface area contributed by atoms with Gasteiger partial charge < -0.3 is 4.74 Å². The van der Waals surface area contributed by atoms with Gasteiger partial charge in [-0.2, -0.15) is 0 Å². The van der Waals surface area contributed by atoms with Crippen molar-refractivity contribution in [2.75, 3.05) is 13.8 Å². The smallest absolute Gasteiger partial charge is 0.314 e. The van der Waals surface area contributed by atoms with Gasteiger partial charge in [0.1, 0.15) is 6.67 Å². The highest BCUT2D eigenvalue weighted by molar-refractivity contribution is 5.77. The van der Waals surface area contributed by atoms with Crippen LogP contribution >= 0.6 is 0 Å². The number of carbonyl (C=O) groups excluding carboxylic acids is 1. The SMILES string of the molecule is COC(=O)C1(CF)CCC1. The maximum absolute atomic E-state index is 12.2. The predicted octanol–water partition coefficient (Wildman–Crippen LogP) is 1.30. The Morgan fingerprint density at radius 3 is 2.40 bits per heavy atom. The van der Waals surface area contributed by atoms with Crippen LogP contribution in [0.25, 0.3) is 0 Å². The summed E-state index contributed by atoms with van der Waals surface area (Å²) >= 11 is 0. The second-order valence-corrected chi connectivity index (χ2v) is 2.76. The molecule has 2 nitrogen and oxygen atoms in total. The lowest BCUT2D eigenvalue weighted by Gasteiger charge is -2.35. The van der Waals surface area contributed by atoms with Gasteiger partial charge in [-0.05, 0) is 12.8 Å². The van der Waals surface area contributed by atoms with Crippen molar-refractivity contribution in [2.24, 2.45) is 5.41 Å². The first-order chi connectivity index (χ1) is 4.75. The van der Waals surface area contributed by atoms with Crippen molar-refractivity contribution < 1.29 is 13.9 Å². The molecule has 0 N–H and O–H groups in total. The Morgan fingerprint density at radius 2 is 2.30 bits per heavy atom. The summed E-state index contributed by atoms with van der Waals surface area (Å²) in [7, 11) is 1.30. The van der Waals surface area contributed by atoms with Crippen LogP contribution in [0.5, 0.6) is 0 Å². The van der Waals surface area contributed by atoms with Crippen LogP contribution in [0.3, 0.4) is 0 Å². The average molecular weight is 146 g/mol. The molecule has 0 spiro atoms. The van der Waals surface area contributed by atoms with Gasteiger partial charge >= 0.3 is 5.97 Å². The molecule has 0 saturated heterocycles. The summed E-state index contributed by atoms with van der Waals surface area (Å²) in [6.07, 6.45) is 2.24. The molecule has 1 rings (SSSR count). The van der Waals surface area contributed by atoms with Gasteiger partial charge in [0.25, 0.3) is 0 Å². The summed E-state index contributed by atoms with van der Waals surface area (Å²) in [5.41, 5.74) is -0.755. The van der Waals surface area contributed by atoms with Gasteiger partial charge in [-0.15, -0.1) is 0 Å². The Morgan fingerprint density at radius 1 is 1.70 bits per heavy atom. The molecule has 1 aliphatic rings. The van der Waals surface area contributed by atoms with Crippen LogP contribution in [0.15, 0.2) is 0 Å². The highest BCUT2D eigenvalue weighted by atomic mass is 19.1. The molecule has 3 heteroatoms. The molecule has 0 unspecified atom stereocenters. The third-order valence-corrected chi connectivity index (χ3v) is 2.18. The molecule has 10 heavy (non-hydrogen) atoms. The maximum Gasteiger partial charge on any atom is 0.314 e. The van der Waals surface area contributed by atoms with Crippen molar-refractivity contribution >= 4 is 5.97 Å². The van der Waals surface area contributed by atoms with Crippen LogP contribution in [-0.2, 0) is 9.53 Å². The van der Waals surface area contributed by atoms with Crippen molar-refractivity contribution in [2.45, 2.75) is 19.3 Å². The first-order valence-electron chi connectivity index (χ1n) is 3.39. The molecule has 0 bridgehead atoms. The maximum atomic E-state index is 12.2. The van der Waals surface area contributed by atoms with Gasteiger partial charge in [0.2, 0.25) is 0 Å². The number of hydrogen-bond donors (Lipinski definition) is 0. The van der Waals surface area contributed by atoms with E-state index in [1.807, 2.05) is 0 Å². The summed E-state index contributed by atoms with van der Waals surface area (Å²) in [6, 6.07) is 0. The van der Waals surface area contributed by atoms with Crippen molar-refractivity contribution in [3.63, 3.8) is 0 Å². The predicted molar refractivity (Wildman–Crippen MR) is 34.3 cm³/mol. The monoisotopic (exact) mass is 146 g/mol. The number of hydrogen-bond acceptors (Lipinski definition) is 2. The van der Waals surface area contributed by atoms with Gasteiger partial charge in [0.05, 0.1) is 12.5 Å². The largest absolute Gasteiger partial charge is 0.469 e. The van der Waals surface area contributed by atoms with E-state index in [0.29, 0.717) is 12.8 Å². The molecular weight excluding hydrogens is 135 g/mol. The fraction of sp³-hybridized carbons (Fsp3) is 0.857. The van der Waals surface area contributed by atoms with Crippen molar-refractivity contribution in [3.8, 4) is 0 Å². The number of alkyl halides is 1. The van der Waals surface area contributed by atoms with Gasteiger partial charge in [-0.25, -0.2) is 4.39 Å². The van der Waals surface area contributed by atoms with Crippen LogP contribution in [-0.4, -0.2) is 19.8 Å². The highest BCUT2D eigenvalue weighted by Gasteiger charge is 2.45. The molecule has 0 heterocycles. The number of methoxy groups -OCH3 is 1. The zero-order valence-corrected chi connectivity index (χ0v) is 6.02. The van der Waals surface area contributed by atoms with Crippen LogP contribution < -0.4 is 0 Å². The Bertz CT molecular complexity index is 135. The molecule has 1 aliphatic carbocycles. The van der Waals surface area contributed by atoms with E-state index >= 15 is 0 Å². The van der Waals surface area contributed by atoms with Crippen LogP contribution in [0, 0.1) is 5.41 Å². The number of esters is 1. The van der Waals surface area contributed by atoms with Gasteiger partial charge in [-0.3, -0.25) is 4.79 Å². The molecule has 0 aliphatic heterocycles. The lowest BCUT2D eigenvalue weighted by atomic mass is 9.70. The molecular formula is C7H11FO2. The van der Waals surface area contributed by atoms with E-state index in [-0.39, 0.29) is 5.97 Å². The Kier molecular flexibility index (Phi) is 1.92. The Balaban J connectivity index is 2.55. The lowest BCUT2D eigenvalue weighted by molar-refractivity contribution is -0.159. The normalized spacial score (nSPS) is 21.4. The first kappa shape index (κ1) is 7.51. The topological polar surface area (TPSA) is 26.3 Å². The molecule has 0 aromatic rings. The lowest BCUT2D eigenvalue weighted by Crippen LogP contribution is -2.40. The minimum absolute atomic E-state index is 0.388. The van der Waals surface area contributed by atoms with Gasteiger partial charge in [0.15, 0.2) is 0 Å². The quantitative estimate of drug-likeness (QED) is 0.549. The van der Waals surface area contributed by atoms with Gasteiger partial charge in [-0.1, -0.05) is 6.42 Å². The van der Waals surface area contributed by atoms with E-state index in [1.165, 1.54) is 7.11 Å². The standard InChI is InChI=1S/C7H11FO2/c1-10-6(9)7(5-8)3-2-4-7/h2-5H2,1H3. The van der Waals surface area contributed by atoms with Gasteiger partial charge in [0, 0.05) is 0 Å². The van der Waals surface area contributed by atoms with Crippen molar-refractivity contribution in [1.29, 1.82) is 0 Å².